The third-order valence-electron chi connectivity index (χ3n) is 2.72. The number of hydrogen-bond acceptors (Lipinski definition) is 3. The van der Waals surface area contributed by atoms with Gasteiger partial charge in [-0.25, -0.2) is 4.98 Å². The summed E-state index contributed by atoms with van der Waals surface area (Å²) in [5.74, 6) is 0.608. The maximum Gasteiger partial charge on any atom is 0.148 e. The van der Waals surface area contributed by atoms with Crippen LogP contribution in [0.15, 0.2) is 41.0 Å². The molecule has 0 aliphatic carbocycles. The standard InChI is InChI=1S/C14H11BrClN3/c1-19(9-11-4-2-3-5-12(11)15)14-13(16)10(8-17)6-7-18-14/h2-7H,9H2,1H3. The highest BCUT2D eigenvalue weighted by Crippen LogP contribution is 2.27. The van der Waals surface area contributed by atoms with E-state index in [1.165, 1.54) is 0 Å². The van der Waals surface area contributed by atoms with E-state index in [4.69, 9.17) is 16.9 Å². The summed E-state index contributed by atoms with van der Waals surface area (Å²) in [5.41, 5.74) is 1.57. The van der Waals surface area contributed by atoms with E-state index in [-0.39, 0.29) is 0 Å². The van der Waals surface area contributed by atoms with Crippen LogP contribution in [-0.2, 0) is 6.54 Å². The SMILES string of the molecule is CN(Cc1ccccc1Br)c1nccc(C#N)c1Cl. The second-order valence-electron chi connectivity index (χ2n) is 4.06. The summed E-state index contributed by atoms with van der Waals surface area (Å²) in [5, 5.41) is 9.36. The van der Waals surface area contributed by atoms with Gasteiger partial charge in [0.15, 0.2) is 0 Å². The van der Waals surface area contributed by atoms with E-state index >= 15 is 0 Å². The maximum atomic E-state index is 8.97. The van der Waals surface area contributed by atoms with Crippen LogP contribution in [-0.4, -0.2) is 12.0 Å². The molecule has 5 heteroatoms. The Morgan fingerprint density at radius 3 is 2.79 bits per heavy atom. The topological polar surface area (TPSA) is 39.9 Å². The highest BCUT2D eigenvalue weighted by molar-refractivity contribution is 9.10. The molecule has 1 aromatic carbocycles. The third-order valence-corrected chi connectivity index (χ3v) is 3.86. The molecule has 2 aromatic rings. The van der Waals surface area contributed by atoms with Gasteiger partial charge in [0.1, 0.15) is 16.9 Å². The quantitative estimate of drug-likeness (QED) is 0.850. The number of benzene rings is 1. The number of halogens is 2. The molecule has 0 fully saturated rings. The van der Waals surface area contributed by atoms with E-state index < -0.39 is 0 Å². The van der Waals surface area contributed by atoms with Crippen molar-refractivity contribution in [2.45, 2.75) is 6.54 Å². The van der Waals surface area contributed by atoms with Crippen LogP contribution in [0.5, 0.6) is 0 Å². The summed E-state index contributed by atoms with van der Waals surface area (Å²) in [6.07, 6.45) is 1.59. The molecule has 0 radical (unpaired) electrons. The van der Waals surface area contributed by atoms with Gasteiger partial charge in [0, 0.05) is 24.3 Å². The Morgan fingerprint density at radius 2 is 2.11 bits per heavy atom. The summed E-state index contributed by atoms with van der Waals surface area (Å²) in [6, 6.07) is 11.6. The minimum absolute atomic E-state index is 0.388. The van der Waals surface area contributed by atoms with Crippen LogP contribution < -0.4 is 4.90 Å². The fourth-order valence-electron chi connectivity index (χ4n) is 1.74. The molecule has 0 saturated heterocycles. The molecule has 0 bridgehead atoms. The Kier molecular flexibility index (Phi) is 4.41. The van der Waals surface area contributed by atoms with Gasteiger partial charge >= 0.3 is 0 Å². The van der Waals surface area contributed by atoms with Crippen molar-refractivity contribution < 1.29 is 0 Å². The normalized spacial score (nSPS) is 10.0. The van der Waals surface area contributed by atoms with Gasteiger partial charge < -0.3 is 4.90 Å². The minimum atomic E-state index is 0.388. The van der Waals surface area contributed by atoms with Gasteiger partial charge in [0.25, 0.3) is 0 Å². The number of nitriles is 1. The Morgan fingerprint density at radius 1 is 1.37 bits per heavy atom. The molecule has 0 amide bonds. The van der Waals surface area contributed by atoms with Crippen LogP contribution in [0.4, 0.5) is 5.82 Å². The van der Waals surface area contributed by atoms with Gasteiger partial charge in [-0.3, -0.25) is 0 Å². The molecule has 0 aliphatic heterocycles. The molecule has 96 valence electrons. The number of pyridine rings is 1. The first-order valence-corrected chi connectivity index (χ1v) is 6.79. The van der Waals surface area contributed by atoms with Crippen molar-refractivity contribution in [1.82, 2.24) is 4.98 Å². The van der Waals surface area contributed by atoms with Crippen LogP contribution >= 0.6 is 27.5 Å². The van der Waals surface area contributed by atoms with Gasteiger partial charge in [-0.15, -0.1) is 0 Å². The van der Waals surface area contributed by atoms with Gasteiger partial charge in [0.05, 0.1) is 5.56 Å². The zero-order chi connectivity index (χ0) is 13.8. The summed E-state index contributed by atoms with van der Waals surface area (Å²) >= 11 is 9.68. The molecule has 0 saturated carbocycles. The summed E-state index contributed by atoms with van der Waals surface area (Å²) < 4.78 is 1.04. The average molecular weight is 337 g/mol. The second kappa shape index (κ2) is 6.05. The minimum Gasteiger partial charge on any atom is -0.354 e. The van der Waals surface area contributed by atoms with Crippen LogP contribution in [0.1, 0.15) is 11.1 Å². The lowest BCUT2D eigenvalue weighted by atomic mass is 10.2. The zero-order valence-corrected chi connectivity index (χ0v) is 12.6. The Labute approximate surface area is 125 Å². The van der Waals surface area contributed by atoms with Crippen LogP contribution in [0.3, 0.4) is 0 Å². The monoisotopic (exact) mass is 335 g/mol. The smallest absolute Gasteiger partial charge is 0.148 e. The number of aromatic nitrogens is 1. The molecule has 0 aliphatic rings. The fourth-order valence-corrected chi connectivity index (χ4v) is 2.45. The van der Waals surface area contributed by atoms with E-state index in [9.17, 15) is 0 Å². The van der Waals surface area contributed by atoms with E-state index in [1.807, 2.05) is 36.2 Å². The van der Waals surface area contributed by atoms with Crippen molar-refractivity contribution in [3.05, 3.63) is 57.2 Å². The van der Waals surface area contributed by atoms with E-state index in [1.54, 1.807) is 12.3 Å². The van der Waals surface area contributed by atoms with E-state index in [2.05, 4.69) is 27.0 Å². The lowest BCUT2D eigenvalue weighted by molar-refractivity contribution is 0.894. The van der Waals surface area contributed by atoms with Crippen molar-refractivity contribution in [2.24, 2.45) is 0 Å². The van der Waals surface area contributed by atoms with Gasteiger partial charge in [-0.1, -0.05) is 45.7 Å². The molecule has 2 rings (SSSR count). The molecular weight excluding hydrogens is 326 g/mol. The molecule has 0 unspecified atom stereocenters. The molecule has 3 nitrogen and oxygen atoms in total. The first-order chi connectivity index (χ1) is 9.13. The van der Waals surface area contributed by atoms with E-state index in [0.717, 1.165) is 10.0 Å². The maximum absolute atomic E-state index is 8.97. The molecule has 1 aromatic heterocycles. The second-order valence-corrected chi connectivity index (χ2v) is 5.29. The van der Waals surface area contributed by atoms with Crippen molar-refractivity contribution in [1.29, 1.82) is 5.26 Å². The van der Waals surface area contributed by atoms with Crippen LogP contribution in [0, 0.1) is 11.3 Å². The predicted octanol–water partition coefficient (Wildman–Crippen LogP) is 4.01. The van der Waals surface area contributed by atoms with Gasteiger partial charge in [-0.05, 0) is 17.7 Å². The van der Waals surface area contributed by atoms with Crippen molar-refractivity contribution >= 4 is 33.3 Å². The van der Waals surface area contributed by atoms with Gasteiger partial charge in [-0.2, -0.15) is 5.26 Å². The van der Waals surface area contributed by atoms with Crippen molar-refractivity contribution in [2.75, 3.05) is 11.9 Å². The third kappa shape index (κ3) is 3.06. The molecule has 1 heterocycles. The number of hydrogen-bond donors (Lipinski definition) is 0. The summed E-state index contributed by atoms with van der Waals surface area (Å²) in [7, 11) is 1.90. The predicted molar refractivity (Wildman–Crippen MR) is 80.2 cm³/mol. The van der Waals surface area contributed by atoms with Gasteiger partial charge in [0.2, 0.25) is 0 Å². The lowest BCUT2D eigenvalue weighted by Crippen LogP contribution is -2.18. The first-order valence-electron chi connectivity index (χ1n) is 5.62. The molecule has 0 atom stereocenters. The largest absolute Gasteiger partial charge is 0.354 e. The van der Waals surface area contributed by atoms with Crippen molar-refractivity contribution in [3.63, 3.8) is 0 Å². The Balaban J connectivity index is 2.29. The van der Waals surface area contributed by atoms with Crippen molar-refractivity contribution in [3.8, 4) is 6.07 Å². The summed E-state index contributed by atoms with van der Waals surface area (Å²) in [4.78, 5) is 6.16. The molecule has 19 heavy (non-hydrogen) atoms. The molecule has 0 N–H and O–H groups in total. The number of rotatable bonds is 3. The zero-order valence-electron chi connectivity index (χ0n) is 10.3. The first kappa shape index (κ1) is 13.9. The Bertz CT molecular complexity index is 637. The highest BCUT2D eigenvalue weighted by Gasteiger charge is 2.12. The Hall–Kier alpha value is -1.57. The average Bonchev–Trinajstić information content (AvgIpc) is 2.41. The van der Waals surface area contributed by atoms with Crippen LogP contribution in [0.25, 0.3) is 0 Å². The number of nitrogens with zero attached hydrogens (tertiary/aromatic N) is 3. The molecule has 0 spiro atoms. The van der Waals surface area contributed by atoms with E-state index in [0.29, 0.717) is 22.9 Å². The lowest BCUT2D eigenvalue weighted by Gasteiger charge is -2.20. The fraction of sp³-hybridized carbons (Fsp3) is 0.143. The molecular formula is C14H11BrClN3. The number of anilines is 1. The van der Waals surface area contributed by atoms with Crippen LogP contribution in [0.2, 0.25) is 5.02 Å². The highest BCUT2D eigenvalue weighted by atomic mass is 79.9. The summed E-state index contributed by atoms with van der Waals surface area (Å²) in [6.45, 7) is 0.656.